The maximum Gasteiger partial charge on any atom is 0.171 e. The molecule has 3 aromatic heterocycles. The summed E-state index contributed by atoms with van der Waals surface area (Å²) in [4.78, 5) is 72.1. The van der Waals surface area contributed by atoms with E-state index in [0.717, 1.165) is 316 Å². The van der Waals surface area contributed by atoms with E-state index < -0.39 is 0 Å². The van der Waals surface area contributed by atoms with Gasteiger partial charge in [0.15, 0.2) is 23.3 Å². The highest BCUT2D eigenvalue weighted by molar-refractivity contribution is 8.14. The lowest BCUT2D eigenvalue weighted by atomic mass is 10.4. The van der Waals surface area contributed by atoms with E-state index in [1.54, 1.807) is 0 Å². The Morgan fingerprint density at radius 1 is 0.156 bits per heavy atom. The Hall–Kier alpha value is -1.84. The molecule has 14 aliphatic rings. The van der Waals surface area contributed by atoms with Gasteiger partial charge in [-0.15, -0.1) is 94.1 Å². The van der Waals surface area contributed by atoms with E-state index in [1.807, 2.05) is 94.1 Å². The van der Waals surface area contributed by atoms with Gasteiger partial charge in [-0.3, -0.25) is 39.2 Å². The second-order valence-electron chi connectivity index (χ2n) is 32.4. The normalized spacial score (nSPS) is 28.1. The molecule has 0 radical (unpaired) electrons. The quantitative estimate of drug-likeness (QED) is 0.213. The van der Waals surface area contributed by atoms with E-state index in [9.17, 15) is 0 Å². The first-order chi connectivity index (χ1) is 63.6. The molecule has 16 bridgehead atoms. The first-order valence-electron chi connectivity index (χ1n) is 47.5. The molecule has 17 heterocycles. The van der Waals surface area contributed by atoms with Gasteiger partial charge in [0.2, 0.25) is 0 Å². The highest BCUT2D eigenvalue weighted by atomic mass is 32.2. The molecule has 0 unspecified atom stereocenters. The van der Waals surface area contributed by atoms with Crippen LogP contribution in [0.3, 0.4) is 0 Å². The molecule has 40 heteroatoms. The highest BCUT2D eigenvalue weighted by Gasteiger charge is 2.32. The first-order valence-corrected chi connectivity index (χ1v) is 55.3. The zero-order valence-electron chi connectivity index (χ0n) is 76.0. The number of H-pyrrole nitrogens is 2. The number of rotatable bonds is 0. The molecule has 0 saturated carbocycles. The van der Waals surface area contributed by atoms with Gasteiger partial charge in [0.1, 0.15) is 22.6 Å². The van der Waals surface area contributed by atoms with E-state index in [1.165, 1.54) is 0 Å². The third kappa shape index (κ3) is 38.2. The number of ether oxygens (including phenoxy) is 16. The molecule has 4 fully saturated rings. The van der Waals surface area contributed by atoms with Crippen LogP contribution >= 0.6 is 94.1 Å². The van der Waals surface area contributed by atoms with Gasteiger partial charge in [-0.1, -0.05) is 0 Å². The molecule has 2 N–H and O–H groups in total. The second kappa shape index (κ2) is 63.6. The predicted molar refractivity (Wildman–Crippen MR) is 520 cm³/mol. The Morgan fingerprint density at radius 3 is 0.461 bits per heavy atom. The van der Waals surface area contributed by atoms with Crippen molar-refractivity contribution in [2.24, 2.45) is 0 Å². The van der Waals surface area contributed by atoms with E-state index in [-0.39, 0.29) is 0 Å². The average molecular weight is 1940 g/mol. The second-order valence-corrected chi connectivity index (χ2v) is 41.2. The lowest BCUT2D eigenvalue weighted by Gasteiger charge is -2.24. The van der Waals surface area contributed by atoms with Crippen LogP contribution in [0.25, 0.3) is 42.2 Å². The van der Waals surface area contributed by atoms with Gasteiger partial charge in [-0.2, -0.15) is 0 Å². The van der Waals surface area contributed by atoms with Crippen molar-refractivity contribution in [2.45, 2.75) is 70.9 Å². The number of thioether (sulfide) groups is 8. The monoisotopic (exact) mass is 1940 g/mol. The van der Waals surface area contributed by atoms with Crippen molar-refractivity contribution in [2.75, 3.05) is 415 Å². The van der Waals surface area contributed by atoms with Crippen LogP contribution in [-0.2, 0) is 75.8 Å². The van der Waals surface area contributed by atoms with E-state index >= 15 is 0 Å². The molecule has 128 heavy (non-hydrogen) atoms. The summed E-state index contributed by atoms with van der Waals surface area (Å²) in [6, 6.07) is 0. The third-order valence-corrected chi connectivity index (χ3v) is 32.9. The van der Waals surface area contributed by atoms with E-state index in [0.29, 0.717) is 235 Å². The van der Waals surface area contributed by atoms with Gasteiger partial charge in [0, 0.05) is 105 Å². The van der Waals surface area contributed by atoms with Crippen molar-refractivity contribution in [1.82, 2.24) is 79.1 Å². The third-order valence-electron chi connectivity index (χ3n) is 23.0. The van der Waals surface area contributed by atoms with Crippen molar-refractivity contribution < 1.29 is 75.8 Å². The Morgan fingerprint density at radius 2 is 0.297 bits per heavy atom. The standard InChI is InChI=1S/C88H146N16O16S8/c1-9-97-17-33-105-49-51-107-35-19-98(20-36-108-52-50-106-34-18-97)10-2-66-122-74-73(121-65-1)81-89-82(74)94-84-77-78(126-70-6-14-102-27-43-115-59-57-113-41-25-101(13-5-69-125-77)26-42-114-58-60-116-44-28-102)86(91-84)96-88-80-79(127-71-7-15-103-29-45-117-61-63-119-47-31-104(16-8-72-128-80)32-48-120-64-62-118-46-30-103)87(92-88)95-85-76-75(83(90-85)93-81)123-67-3-11-99-21-37-109-53-55-111-39-23-100(12-4-68-124-76)24-40-112-56-54-110-38-22-99/h1-72H2,(H2,89,90,91,92,93,94,95,96). The summed E-state index contributed by atoms with van der Waals surface area (Å²) in [5, 5.41) is 0. The molecular weight excluding hydrogens is 1790 g/mol. The van der Waals surface area contributed by atoms with E-state index in [2.05, 4.69) is 49.2 Å². The summed E-state index contributed by atoms with van der Waals surface area (Å²) in [6.07, 6.45) is 7.18. The van der Waals surface area contributed by atoms with Gasteiger partial charge in [-0.25, -0.2) is 29.9 Å². The number of hydrogen-bond donors (Lipinski definition) is 2. The fourth-order valence-corrected chi connectivity index (χ4v) is 24.7. The van der Waals surface area contributed by atoms with Crippen LogP contribution in [0.15, 0.2) is 19.6 Å². The van der Waals surface area contributed by atoms with Crippen LogP contribution in [0, 0.1) is 0 Å². The van der Waals surface area contributed by atoms with Gasteiger partial charge < -0.3 is 85.8 Å². The molecule has 3 aromatic rings. The summed E-state index contributed by atoms with van der Waals surface area (Å²) in [5.41, 5.74) is 2.96. The minimum absolute atomic E-state index is 0.555. The fourth-order valence-electron chi connectivity index (χ4n) is 15.8. The summed E-state index contributed by atoms with van der Waals surface area (Å²) >= 11 is 14.9. The molecule has 14 aliphatic heterocycles. The minimum Gasteiger partial charge on any atom is -0.378 e. The van der Waals surface area contributed by atoms with Crippen LogP contribution < -0.4 is 0 Å². The van der Waals surface area contributed by atoms with E-state index in [4.69, 9.17) is 106 Å². The lowest BCUT2D eigenvalue weighted by molar-refractivity contribution is 0.00820. The number of hydrogen-bond acceptors (Lipinski definition) is 38. The Kier molecular flexibility index (Phi) is 51.5. The first kappa shape index (κ1) is 104. The number of nitrogens with one attached hydrogen (secondary N) is 2. The predicted octanol–water partition coefficient (Wildman–Crippen LogP) is 8.76. The molecule has 0 amide bonds. The van der Waals surface area contributed by atoms with Gasteiger partial charge in [0.05, 0.1) is 251 Å². The molecule has 0 aliphatic carbocycles. The summed E-state index contributed by atoms with van der Waals surface area (Å²) in [6.45, 7) is 37.8. The molecule has 17 rings (SSSR count). The lowest BCUT2D eigenvalue weighted by Crippen LogP contribution is -2.34. The fraction of sp³-hybridized carbons (Fsp3) is 0.818. The van der Waals surface area contributed by atoms with Gasteiger partial charge >= 0.3 is 0 Å². The van der Waals surface area contributed by atoms with Crippen LogP contribution in [0.2, 0.25) is 0 Å². The molecule has 4 saturated heterocycles. The van der Waals surface area contributed by atoms with Crippen LogP contribution in [-0.4, -0.2) is 494 Å². The zero-order valence-corrected chi connectivity index (χ0v) is 82.5. The smallest absolute Gasteiger partial charge is 0.171 e. The molecule has 0 spiro atoms. The zero-order chi connectivity index (χ0) is 87.4. The topological polar surface area (TPSA) is 283 Å². The highest BCUT2D eigenvalue weighted by Crippen LogP contribution is 2.48. The van der Waals surface area contributed by atoms with Gasteiger partial charge in [0.25, 0.3) is 0 Å². The molecule has 0 atom stereocenters. The van der Waals surface area contributed by atoms with Crippen molar-refractivity contribution in [1.29, 1.82) is 0 Å². The Balaban J connectivity index is 1.02. The SMILES string of the molecule is C1CSC2=C(SCCCN3CCOCCOCCN(C1)CCOCCOCC3)c1nc2nc2nc(nc3[nH]c(nc4[nH]c(n1)c1c4SCCCN4CCOCCOCCN(CCCS1)CCOCCOCC4)c1c3SCCCN3CCOCCOCCN(CCCS1)CCOCCOCC3)C1=C2SCCCN2CCOCCOCCN(CCCS1)CCOCCOCC2. The maximum atomic E-state index is 6.27. The van der Waals surface area contributed by atoms with Crippen LogP contribution in [0.4, 0.5) is 0 Å². The van der Waals surface area contributed by atoms with Crippen molar-refractivity contribution >= 4 is 136 Å². The number of fused-ring (bicyclic) bond motifs is 88. The number of aromatic amines is 2. The van der Waals surface area contributed by atoms with Crippen molar-refractivity contribution in [3.63, 3.8) is 0 Å². The average Bonchev–Trinajstić information content (AvgIpc) is 1.61. The molecule has 32 nitrogen and oxygen atoms in total. The molecular formula is C88H146N16O16S8. The Bertz CT molecular complexity index is 3510. The van der Waals surface area contributed by atoms with Crippen molar-refractivity contribution in [3.05, 3.63) is 23.3 Å². The van der Waals surface area contributed by atoms with Crippen LogP contribution in [0.1, 0.15) is 74.7 Å². The Labute approximate surface area is 794 Å². The number of nitrogens with zero attached hydrogens (tertiary/aromatic N) is 14. The molecule has 722 valence electrons. The largest absolute Gasteiger partial charge is 0.378 e. The van der Waals surface area contributed by atoms with Crippen LogP contribution in [0.5, 0.6) is 0 Å². The maximum absolute atomic E-state index is 6.27. The summed E-state index contributed by atoms with van der Waals surface area (Å²) in [5.74, 6) is 8.96. The minimum atomic E-state index is 0.555. The summed E-state index contributed by atoms with van der Waals surface area (Å²) < 4.78 is 100. The van der Waals surface area contributed by atoms with Gasteiger partial charge in [-0.05, 0) is 150 Å². The number of aromatic nitrogens is 8. The van der Waals surface area contributed by atoms with Crippen molar-refractivity contribution in [3.8, 4) is 0 Å². The molecule has 0 aromatic carbocycles. The summed E-state index contributed by atoms with van der Waals surface area (Å²) in [7, 11) is 0.